The first-order valence-electron chi connectivity index (χ1n) is 9.73. The first-order chi connectivity index (χ1) is 15.2. The molecular weight excluding hydrogens is 456 g/mol. The fraction of sp³-hybridized carbons (Fsp3) is 0.174. The number of halogens is 3. The molecule has 1 N–H and O–H groups in total. The van der Waals surface area contributed by atoms with Crippen LogP contribution in [0.2, 0.25) is 5.02 Å². The van der Waals surface area contributed by atoms with Crippen molar-refractivity contribution < 1.29 is 13.9 Å². The first-order valence-corrected chi connectivity index (χ1v) is 11.4. The van der Waals surface area contributed by atoms with Gasteiger partial charge in [-0.3, -0.25) is 9.20 Å². The molecular formula is C23H20ClF2N3O2S. The Morgan fingerprint density at radius 2 is 1.81 bits per heavy atom. The number of fused-ring (bicyclic) bond motifs is 1. The number of rotatable bonds is 5. The van der Waals surface area contributed by atoms with E-state index < -0.39 is 16.2 Å². The third kappa shape index (κ3) is 4.39. The molecule has 0 amide bonds. The molecule has 4 aromatic rings. The van der Waals surface area contributed by atoms with Crippen molar-refractivity contribution in [1.29, 1.82) is 0 Å². The van der Waals surface area contributed by atoms with E-state index in [0.29, 0.717) is 27.9 Å². The minimum atomic E-state index is -2.66. The lowest BCUT2D eigenvalue weighted by Gasteiger charge is -2.14. The van der Waals surface area contributed by atoms with Crippen LogP contribution in [0.15, 0.2) is 70.5 Å². The molecule has 0 aliphatic heterocycles. The average molecular weight is 476 g/mol. The summed E-state index contributed by atoms with van der Waals surface area (Å²) in [5, 5.41) is 9.95. The number of hydrogen-bond acceptors (Lipinski definition) is 2. The highest BCUT2D eigenvalue weighted by Crippen LogP contribution is 2.34. The Morgan fingerprint density at radius 1 is 1.16 bits per heavy atom. The molecule has 32 heavy (non-hydrogen) atoms. The number of alkyl halides is 2. The van der Waals surface area contributed by atoms with Crippen LogP contribution in [-0.4, -0.2) is 29.9 Å². The fourth-order valence-electron chi connectivity index (χ4n) is 3.49. The molecule has 166 valence electrons. The van der Waals surface area contributed by atoms with Gasteiger partial charge in [-0.05, 0) is 43.7 Å². The molecule has 0 aliphatic carbocycles. The van der Waals surface area contributed by atoms with Crippen molar-refractivity contribution in [3.63, 3.8) is 0 Å². The van der Waals surface area contributed by atoms with E-state index in [1.807, 2.05) is 23.6 Å². The Balaban J connectivity index is 1.74. The topological polar surface area (TPSA) is 59.5 Å². The second-order valence-corrected chi connectivity index (χ2v) is 9.81. The summed E-state index contributed by atoms with van der Waals surface area (Å²) >= 11 is 5.97. The molecule has 0 saturated heterocycles. The molecule has 2 aromatic heterocycles. The van der Waals surface area contributed by atoms with Crippen molar-refractivity contribution >= 4 is 32.9 Å². The second kappa shape index (κ2) is 8.97. The Morgan fingerprint density at radius 3 is 2.41 bits per heavy atom. The third-order valence-electron chi connectivity index (χ3n) is 5.08. The van der Waals surface area contributed by atoms with Gasteiger partial charge in [-0.15, -0.1) is 0 Å². The number of nitrogens with zero attached hydrogens (tertiary/aromatic N) is 3. The molecule has 1 atom stereocenters. The maximum Gasteiger partial charge on any atom is 0.285 e. The van der Waals surface area contributed by atoms with E-state index in [0.717, 1.165) is 16.8 Å². The number of aliphatic hydroxyl groups is 1. The highest BCUT2D eigenvalue weighted by atomic mass is 35.5. The Hall–Kier alpha value is -2.81. The molecule has 2 aromatic carbocycles. The van der Waals surface area contributed by atoms with Crippen LogP contribution in [0.4, 0.5) is 8.78 Å². The fourth-order valence-corrected chi connectivity index (χ4v) is 4.85. The minimum Gasteiger partial charge on any atom is -0.359 e. The van der Waals surface area contributed by atoms with Crippen LogP contribution in [0.25, 0.3) is 17.0 Å². The highest BCUT2D eigenvalue weighted by Gasteiger charge is 2.16. The molecule has 0 saturated carbocycles. The molecule has 0 fully saturated rings. The van der Waals surface area contributed by atoms with Gasteiger partial charge in [-0.1, -0.05) is 46.4 Å². The lowest BCUT2D eigenvalue weighted by molar-refractivity contribution is 0.251. The van der Waals surface area contributed by atoms with Gasteiger partial charge in [-0.2, -0.15) is 8.78 Å². The molecule has 0 aliphatic rings. The average Bonchev–Trinajstić information content (AvgIpc) is 3.18. The monoisotopic (exact) mass is 475 g/mol. The summed E-state index contributed by atoms with van der Waals surface area (Å²) in [6, 6.07) is 15.4. The molecule has 1 unspecified atom stereocenters. The molecule has 9 heteroatoms. The molecule has 0 bridgehead atoms. The smallest absolute Gasteiger partial charge is 0.285 e. The van der Waals surface area contributed by atoms with Crippen LogP contribution in [0.3, 0.4) is 0 Å². The predicted molar refractivity (Wildman–Crippen MR) is 125 cm³/mol. The number of benzene rings is 2. The van der Waals surface area contributed by atoms with E-state index in [1.165, 1.54) is 17.4 Å². The van der Waals surface area contributed by atoms with Gasteiger partial charge >= 0.3 is 0 Å². The summed E-state index contributed by atoms with van der Waals surface area (Å²) in [5.74, 6) is -2.18. The highest BCUT2D eigenvalue weighted by molar-refractivity contribution is 8.16. The Bertz CT molecular complexity index is 1370. The molecule has 0 spiro atoms. The van der Waals surface area contributed by atoms with Crippen LogP contribution in [-0.2, 0) is 6.54 Å². The van der Waals surface area contributed by atoms with Gasteiger partial charge in [0, 0.05) is 33.4 Å². The number of aromatic nitrogens is 3. The van der Waals surface area contributed by atoms with Crippen molar-refractivity contribution in [2.24, 2.45) is 0 Å². The van der Waals surface area contributed by atoms with Crippen molar-refractivity contribution in [1.82, 2.24) is 14.0 Å². The number of imidazole rings is 1. The second-order valence-electron chi connectivity index (χ2n) is 7.27. The van der Waals surface area contributed by atoms with Crippen molar-refractivity contribution in [3.8, 4) is 11.3 Å². The van der Waals surface area contributed by atoms with Gasteiger partial charge in [-0.25, -0.2) is 4.98 Å². The molecule has 4 rings (SSSR count). The normalized spacial score (nSPS) is 13.0. The van der Waals surface area contributed by atoms with E-state index in [1.54, 1.807) is 42.6 Å². The summed E-state index contributed by atoms with van der Waals surface area (Å²) in [7, 11) is -1.63. The van der Waals surface area contributed by atoms with Crippen molar-refractivity contribution in [2.45, 2.75) is 31.0 Å². The van der Waals surface area contributed by atoms with E-state index >= 15 is 0 Å². The van der Waals surface area contributed by atoms with Crippen molar-refractivity contribution in [3.05, 3.63) is 87.4 Å². The minimum absolute atomic E-state index is 0.188. The van der Waals surface area contributed by atoms with E-state index in [4.69, 9.17) is 11.6 Å². The van der Waals surface area contributed by atoms with Gasteiger partial charge in [0.1, 0.15) is 0 Å². The van der Waals surface area contributed by atoms with Gasteiger partial charge in [0.25, 0.3) is 11.3 Å². The van der Waals surface area contributed by atoms with Gasteiger partial charge in [0.15, 0.2) is 0 Å². The van der Waals surface area contributed by atoms with Crippen LogP contribution in [0.5, 0.6) is 0 Å². The molecule has 5 nitrogen and oxygen atoms in total. The zero-order valence-corrected chi connectivity index (χ0v) is 18.9. The Labute approximate surface area is 190 Å². The zero-order valence-electron chi connectivity index (χ0n) is 17.3. The van der Waals surface area contributed by atoms with Crippen LogP contribution >= 0.6 is 22.1 Å². The summed E-state index contributed by atoms with van der Waals surface area (Å²) in [6.45, 7) is 3.52. The van der Waals surface area contributed by atoms with E-state index in [2.05, 4.69) is 4.98 Å². The summed E-state index contributed by atoms with van der Waals surface area (Å²) < 4.78 is 30.0. The maximum atomic E-state index is 13.3. The van der Waals surface area contributed by atoms with Gasteiger partial charge in [0.05, 0.1) is 17.3 Å². The number of aryl methyl sites for hydroxylation is 1. The SMILES string of the molecule is C/C(O)=S(\c1ccc(Cn2c(C)cc(=O)n3cc(-c4ccc(Cl)cc4)nc23)cc1)C(F)F. The van der Waals surface area contributed by atoms with Crippen LogP contribution in [0, 0.1) is 6.92 Å². The number of aliphatic hydroxyl groups excluding tert-OH is 1. The molecule has 0 radical (unpaired) electrons. The van der Waals surface area contributed by atoms with Crippen LogP contribution in [0.1, 0.15) is 18.2 Å². The summed E-state index contributed by atoms with van der Waals surface area (Å²) in [4.78, 5) is 17.6. The number of hydrogen-bond donors (Lipinski definition) is 1. The summed E-state index contributed by atoms with van der Waals surface area (Å²) in [6.07, 6.45) is 1.69. The third-order valence-corrected chi connectivity index (χ3v) is 7.10. The zero-order chi connectivity index (χ0) is 23.0. The Kier molecular flexibility index (Phi) is 6.28. The first kappa shape index (κ1) is 22.4. The van der Waals surface area contributed by atoms with Crippen LogP contribution < -0.4 is 5.56 Å². The molecule has 2 heterocycles. The largest absolute Gasteiger partial charge is 0.359 e. The van der Waals surface area contributed by atoms with Gasteiger partial charge in [0.2, 0.25) is 5.78 Å². The van der Waals surface area contributed by atoms with E-state index in [9.17, 15) is 18.7 Å². The maximum absolute atomic E-state index is 13.3. The van der Waals surface area contributed by atoms with E-state index in [-0.39, 0.29) is 10.6 Å². The van der Waals surface area contributed by atoms with Crippen molar-refractivity contribution in [2.75, 3.05) is 0 Å². The predicted octanol–water partition coefficient (Wildman–Crippen LogP) is 5.73. The quantitative estimate of drug-likeness (QED) is 0.375. The lowest BCUT2D eigenvalue weighted by Crippen LogP contribution is -2.19. The van der Waals surface area contributed by atoms with Gasteiger partial charge < -0.3 is 9.67 Å². The lowest BCUT2D eigenvalue weighted by atomic mass is 10.2. The summed E-state index contributed by atoms with van der Waals surface area (Å²) in [5.41, 5.74) is 2.87. The standard InChI is InChI=1S/C23H20ClF2N3O2S/c1-14-11-21(31)29-13-20(17-5-7-18(24)8-6-17)27-23(29)28(14)12-16-3-9-19(10-4-16)32(15(2)30)22(25)26/h3-11,13,22,30H,12H2,1-2H3.